The van der Waals surface area contributed by atoms with Crippen molar-refractivity contribution in [2.75, 3.05) is 5.75 Å². The van der Waals surface area contributed by atoms with E-state index in [2.05, 4.69) is 17.6 Å². The Morgan fingerprint density at radius 3 is 3.04 bits per heavy atom. The van der Waals surface area contributed by atoms with Crippen molar-refractivity contribution in [1.82, 2.24) is 9.88 Å². The van der Waals surface area contributed by atoms with E-state index < -0.39 is 11.2 Å². The molecule has 0 bridgehead atoms. The van der Waals surface area contributed by atoms with Gasteiger partial charge in [0.25, 0.3) is 0 Å². The van der Waals surface area contributed by atoms with Gasteiger partial charge in [0.2, 0.25) is 11.0 Å². The SMILES string of the molecule is C[n+]1cccc(-c2csc(C3=C(C(=O)S)N4C(=O)[C@@H](N)[C@H]4SC3)n2)c1. The zero-order valence-corrected chi connectivity index (χ0v) is 15.8. The number of pyridine rings is 1. The highest BCUT2D eigenvalue weighted by molar-refractivity contribution is 8.00. The third kappa shape index (κ3) is 2.71. The van der Waals surface area contributed by atoms with Gasteiger partial charge in [-0.2, -0.15) is 0 Å². The van der Waals surface area contributed by atoms with E-state index in [0.717, 1.165) is 21.8 Å². The van der Waals surface area contributed by atoms with E-state index in [4.69, 9.17) is 5.73 Å². The molecule has 6 nitrogen and oxygen atoms in total. The number of aryl methyl sites for hydroxylation is 1. The number of amides is 1. The second-order valence-corrected chi connectivity index (χ2v) is 8.23. The number of nitrogens with zero attached hydrogens (tertiary/aromatic N) is 3. The molecule has 4 heterocycles. The van der Waals surface area contributed by atoms with Crippen molar-refractivity contribution in [3.63, 3.8) is 0 Å². The standard InChI is InChI=1S/C16H14N4O2S3/c1-19-4-2-3-8(5-19)10-7-24-13(18-10)9-6-25-15-11(17)14(21)20(15)12(9)16(22)23/h2-5,7,11,15H,6,17H2,1H3/p+1/t11-,15-/m1/s1. The average molecular weight is 392 g/mol. The topological polar surface area (TPSA) is 80.2 Å². The number of β-lactam (4-membered cyclic amide) rings is 1. The lowest BCUT2D eigenvalue weighted by atomic mass is 10.0. The van der Waals surface area contributed by atoms with E-state index in [1.165, 1.54) is 16.2 Å². The lowest BCUT2D eigenvalue weighted by molar-refractivity contribution is -0.671. The number of thioether (sulfide) groups is 1. The Labute approximate surface area is 158 Å². The summed E-state index contributed by atoms with van der Waals surface area (Å²) in [6.07, 6.45) is 3.94. The first-order valence-electron chi connectivity index (χ1n) is 7.55. The van der Waals surface area contributed by atoms with Gasteiger partial charge in [-0.1, -0.05) is 12.6 Å². The number of carbonyl (C=O) groups is 2. The van der Waals surface area contributed by atoms with Gasteiger partial charge in [-0.25, -0.2) is 9.55 Å². The zero-order valence-electron chi connectivity index (χ0n) is 13.2. The molecule has 1 amide bonds. The van der Waals surface area contributed by atoms with Gasteiger partial charge in [-0.3, -0.25) is 14.5 Å². The van der Waals surface area contributed by atoms with Gasteiger partial charge in [-0.05, 0) is 6.07 Å². The highest BCUT2D eigenvalue weighted by atomic mass is 32.2. The molecule has 0 spiro atoms. The van der Waals surface area contributed by atoms with Crippen molar-refractivity contribution < 1.29 is 14.2 Å². The van der Waals surface area contributed by atoms with Crippen LogP contribution in [0.4, 0.5) is 0 Å². The van der Waals surface area contributed by atoms with Crippen LogP contribution >= 0.6 is 35.7 Å². The maximum atomic E-state index is 12.1. The summed E-state index contributed by atoms with van der Waals surface area (Å²) in [5, 5.41) is 2.08. The van der Waals surface area contributed by atoms with E-state index in [1.807, 2.05) is 41.5 Å². The van der Waals surface area contributed by atoms with Crippen LogP contribution < -0.4 is 10.3 Å². The molecule has 2 atom stereocenters. The van der Waals surface area contributed by atoms with Gasteiger partial charge in [0.05, 0.1) is 11.3 Å². The molecule has 1 fully saturated rings. The molecule has 0 unspecified atom stereocenters. The number of thiol groups is 1. The van der Waals surface area contributed by atoms with Crippen LogP contribution in [-0.2, 0) is 16.6 Å². The number of nitrogens with two attached hydrogens (primary N) is 1. The van der Waals surface area contributed by atoms with Crippen molar-refractivity contribution in [3.05, 3.63) is 40.6 Å². The summed E-state index contributed by atoms with van der Waals surface area (Å²) in [6, 6.07) is 3.39. The lowest BCUT2D eigenvalue weighted by Gasteiger charge is -2.48. The number of hydrogen-bond donors (Lipinski definition) is 2. The van der Waals surface area contributed by atoms with Crippen LogP contribution in [0.3, 0.4) is 0 Å². The Morgan fingerprint density at radius 2 is 2.32 bits per heavy atom. The van der Waals surface area contributed by atoms with E-state index in [0.29, 0.717) is 11.4 Å². The number of thiazole rings is 1. The number of carbonyl (C=O) groups excluding carboxylic acids is 2. The Hall–Kier alpha value is -1.68. The average Bonchev–Trinajstić information content (AvgIpc) is 3.09. The molecule has 2 N–H and O–H groups in total. The van der Waals surface area contributed by atoms with E-state index in [-0.39, 0.29) is 11.3 Å². The summed E-state index contributed by atoms with van der Waals surface area (Å²) in [7, 11) is 1.95. The fourth-order valence-corrected chi connectivity index (χ4v) is 5.47. The second-order valence-electron chi connectivity index (χ2n) is 5.86. The molecular formula is C16H15N4O2S3+. The molecule has 9 heteroatoms. The first-order valence-corrected chi connectivity index (χ1v) is 9.93. The fraction of sp³-hybridized carbons (Fsp3) is 0.250. The fourth-order valence-electron chi connectivity index (χ4n) is 2.96. The molecule has 128 valence electrons. The van der Waals surface area contributed by atoms with Crippen LogP contribution in [0.2, 0.25) is 0 Å². The van der Waals surface area contributed by atoms with E-state index >= 15 is 0 Å². The van der Waals surface area contributed by atoms with Gasteiger partial charge < -0.3 is 5.73 Å². The number of rotatable bonds is 3. The van der Waals surface area contributed by atoms with Crippen LogP contribution in [0.25, 0.3) is 16.8 Å². The second kappa shape index (κ2) is 6.24. The molecule has 0 saturated carbocycles. The highest BCUT2D eigenvalue weighted by Gasteiger charge is 2.51. The molecule has 4 rings (SSSR count). The molecule has 2 aliphatic heterocycles. The number of hydrogen-bond acceptors (Lipinski definition) is 6. The van der Waals surface area contributed by atoms with Crippen LogP contribution in [0.15, 0.2) is 35.6 Å². The summed E-state index contributed by atoms with van der Waals surface area (Å²) < 4.78 is 1.96. The summed E-state index contributed by atoms with van der Waals surface area (Å²) in [5.41, 5.74) is 8.73. The highest BCUT2D eigenvalue weighted by Crippen LogP contribution is 2.44. The summed E-state index contributed by atoms with van der Waals surface area (Å²) in [5.74, 6) is 0.346. The van der Waals surface area contributed by atoms with Crippen molar-refractivity contribution >= 4 is 52.3 Å². The lowest BCUT2D eigenvalue weighted by Crippen LogP contribution is -2.68. The Kier molecular flexibility index (Phi) is 4.19. The van der Waals surface area contributed by atoms with Gasteiger partial charge >= 0.3 is 0 Å². The molecule has 1 saturated heterocycles. The molecule has 2 aromatic heterocycles. The van der Waals surface area contributed by atoms with Crippen LogP contribution in [0, 0.1) is 0 Å². The van der Waals surface area contributed by atoms with Crippen molar-refractivity contribution in [2.24, 2.45) is 12.8 Å². The number of fused-ring (bicyclic) bond motifs is 1. The Balaban J connectivity index is 1.76. The molecule has 2 aromatic rings. The maximum absolute atomic E-state index is 12.1. The first-order chi connectivity index (χ1) is 12.0. The minimum absolute atomic E-state index is 0.185. The smallest absolute Gasteiger partial charge is 0.248 e. The Morgan fingerprint density at radius 1 is 1.52 bits per heavy atom. The quantitative estimate of drug-likeness (QED) is 0.464. The molecule has 0 aliphatic carbocycles. The minimum Gasteiger partial charge on any atom is -0.317 e. The summed E-state index contributed by atoms with van der Waals surface area (Å²) in [6.45, 7) is 0. The van der Waals surface area contributed by atoms with Gasteiger partial charge in [0.1, 0.15) is 29.2 Å². The third-order valence-corrected chi connectivity index (χ3v) is 6.62. The maximum Gasteiger partial charge on any atom is 0.248 e. The predicted molar refractivity (Wildman–Crippen MR) is 101 cm³/mol. The van der Waals surface area contributed by atoms with Gasteiger partial charge in [0.15, 0.2) is 12.4 Å². The summed E-state index contributed by atoms with van der Waals surface area (Å²) in [4.78, 5) is 30.3. The third-order valence-electron chi connectivity index (χ3n) is 4.21. The van der Waals surface area contributed by atoms with E-state index in [9.17, 15) is 9.59 Å². The molecule has 0 aromatic carbocycles. The minimum atomic E-state index is -0.551. The normalized spacial score (nSPS) is 22.7. The zero-order chi connectivity index (χ0) is 17.7. The van der Waals surface area contributed by atoms with Crippen LogP contribution in [-0.4, -0.2) is 38.1 Å². The first kappa shape index (κ1) is 16.8. The predicted octanol–water partition coefficient (Wildman–Crippen LogP) is 1.04. The Bertz CT molecular complexity index is 924. The largest absolute Gasteiger partial charge is 0.317 e. The molecular weight excluding hydrogens is 376 g/mol. The molecule has 2 aliphatic rings. The molecule has 0 radical (unpaired) electrons. The molecule has 25 heavy (non-hydrogen) atoms. The van der Waals surface area contributed by atoms with Crippen molar-refractivity contribution in [2.45, 2.75) is 11.4 Å². The van der Waals surface area contributed by atoms with E-state index in [1.54, 1.807) is 11.8 Å². The van der Waals surface area contributed by atoms with Gasteiger partial charge in [-0.15, -0.1) is 23.1 Å². The van der Waals surface area contributed by atoms with Gasteiger partial charge in [0, 0.05) is 22.8 Å². The summed E-state index contributed by atoms with van der Waals surface area (Å²) >= 11 is 6.99. The monoisotopic (exact) mass is 391 g/mol. The van der Waals surface area contributed by atoms with Crippen molar-refractivity contribution in [1.29, 1.82) is 0 Å². The number of aromatic nitrogens is 2. The van der Waals surface area contributed by atoms with Crippen molar-refractivity contribution in [3.8, 4) is 11.3 Å². The van der Waals surface area contributed by atoms with Crippen LogP contribution in [0.1, 0.15) is 5.01 Å². The van der Waals surface area contributed by atoms with Crippen LogP contribution in [0.5, 0.6) is 0 Å².